The number of rotatable bonds is 1. The van der Waals surface area contributed by atoms with Crippen molar-refractivity contribution in [2.24, 2.45) is 16.7 Å². The van der Waals surface area contributed by atoms with Crippen LogP contribution in [0.3, 0.4) is 0 Å². The molecule has 6 heteroatoms. The van der Waals surface area contributed by atoms with Crippen LogP contribution in [0.25, 0.3) is 0 Å². The van der Waals surface area contributed by atoms with Crippen molar-refractivity contribution in [1.29, 1.82) is 21.2 Å². The molecule has 2 fully saturated rings. The van der Waals surface area contributed by atoms with Crippen LogP contribution in [0, 0.1) is 56.2 Å². The van der Waals surface area contributed by atoms with Gasteiger partial charge in [-0.15, -0.1) is 0 Å². The molecule has 2 aliphatic heterocycles. The third-order valence-corrected chi connectivity index (χ3v) is 4.20. The Morgan fingerprint density at radius 2 is 1.94 bits per heavy atom. The van der Waals surface area contributed by atoms with Gasteiger partial charge in [0.2, 0.25) is 11.7 Å². The first-order valence-corrected chi connectivity index (χ1v) is 5.64. The molecule has 0 aromatic rings. The van der Waals surface area contributed by atoms with Gasteiger partial charge in [0.25, 0.3) is 0 Å². The Morgan fingerprint density at radius 3 is 2.39 bits per heavy atom. The van der Waals surface area contributed by atoms with Crippen LogP contribution in [-0.2, 0) is 9.47 Å². The Labute approximate surface area is 105 Å². The molecule has 0 aliphatic carbocycles. The number of fused-ring (bicyclic) bond motifs is 2. The number of nitrogens with one attached hydrogen (secondary N) is 1. The molecule has 0 spiro atoms. The maximum Gasteiger partial charge on any atom is 0.216 e. The lowest BCUT2D eigenvalue weighted by atomic mass is 9.57. The molecule has 0 aromatic heterocycles. The first kappa shape index (κ1) is 12.4. The second kappa shape index (κ2) is 3.45. The summed E-state index contributed by atoms with van der Waals surface area (Å²) in [6, 6.07) is 5.70. The van der Waals surface area contributed by atoms with Crippen molar-refractivity contribution >= 4 is 5.90 Å². The monoisotopic (exact) mass is 244 g/mol. The zero-order valence-corrected chi connectivity index (χ0v) is 10.1. The first-order chi connectivity index (χ1) is 8.48. The van der Waals surface area contributed by atoms with Gasteiger partial charge in [0.1, 0.15) is 0 Å². The zero-order chi connectivity index (χ0) is 13.6. The Balaban J connectivity index is 2.72. The minimum Gasteiger partial charge on any atom is -0.447 e. The number of hydrogen-bond acceptors (Lipinski definition) is 6. The summed E-state index contributed by atoms with van der Waals surface area (Å²) in [6.07, 6.45) is 0.451. The lowest BCUT2D eigenvalue weighted by Gasteiger charge is -2.43. The minimum atomic E-state index is -1.69. The van der Waals surface area contributed by atoms with E-state index in [1.54, 1.807) is 6.92 Å². The van der Waals surface area contributed by atoms with Crippen LogP contribution in [0.1, 0.15) is 20.3 Å². The SMILES string of the molecule is CCC12OCC(C#N)(C#N)C(C#N)(C(=N)O1)C2C. The molecule has 0 saturated carbocycles. The van der Waals surface area contributed by atoms with E-state index in [9.17, 15) is 15.8 Å². The summed E-state index contributed by atoms with van der Waals surface area (Å²) < 4.78 is 11.0. The summed E-state index contributed by atoms with van der Waals surface area (Å²) in [5, 5.41) is 36.0. The van der Waals surface area contributed by atoms with Gasteiger partial charge in [-0.3, -0.25) is 5.41 Å². The maximum atomic E-state index is 9.49. The summed E-state index contributed by atoms with van der Waals surface area (Å²) in [5.74, 6) is -1.94. The highest BCUT2D eigenvalue weighted by Gasteiger charge is 2.75. The fraction of sp³-hybridized carbons (Fsp3) is 0.667. The van der Waals surface area contributed by atoms with E-state index in [0.717, 1.165) is 0 Å². The minimum absolute atomic E-state index is 0.214. The van der Waals surface area contributed by atoms with Crippen molar-refractivity contribution in [3.8, 4) is 18.2 Å². The lowest BCUT2D eigenvalue weighted by Crippen LogP contribution is -2.57. The third kappa shape index (κ3) is 0.967. The van der Waals surface area contributed by atoms with E-state index in [1.165, 1.54) is 0 Å². The van der Waals surface area contributed by atoms with Crippen LogP contribution in [0.4, 0.5) is 0 Å². The highest BCUT2D eigenvalue weighted by Crippen LogP contribution is 2.60. The molecule has 0 radical (unpaired) electrons. The van der Waals surface area contributed by atoms with Crippen LogP contribution in [0.2, 0.25) is 0 Å². The lowest BCUT2D eigenvalue weighted by molar-refractivity contribution is -0.244. The van der Waals surface area contributed by atoms with Gasteiger partial charge in [-0.2, -0.15) is 15.8 Å². The van der Waals surface area contributed by atoms with Gasteiger partial charge in [-0.05, 0) is 0 Å². The van der Waals surface area contributed by atoms with Gasteiger partial charge < -0.3 is 9.47 Å². The van der Waals surface area contributed by atoms with Gasteiger partial charge in [-0.1, -0.05) is 13.8 Å². The maximum absolute atomic E-state index is 9.49. The van der Waals surface area contributed by atoms with Crippen molar-refractivity contribution < 1.29 is 9.47 Å². The highest BCUT2D eigenvalue weighted by molar-refractivity contribution is 5.88. The van der Waals surface area contributed by atoms with Crippen molar-refractivity contribution in [1.82, 2.24) is 0 Å². The normalized spacial score (nSPS) is 40.2. The standard InChI is InChI=1S/C12H12N4O2/c1-3-12-8(2)11(6-15,9(16)18-12)10(4-13,5-14)7-17-12/h8,16H,3,7H2,1-2H3. The quantitative estimate of drug-likeness (QED) is 0.746. The van der Waals surface area contributed by atoms with Gasteiger partial charge in [0.05, 0.1) is 30.7 Å². The van der Waals surface area contributed by atoms with Gasteiger partial charge in [0.15, 0.2) is 10.8 Å². The van der Waals surface area contributed by atoms with E-state index >= 15 is 0 Å². The van der Waals surface area contributed by atoms with E-state index in [0.29, 0.717) is 6.42 Å². The predicted molar refractivity (Wildman–Crippen MR) is 58.7 cm³/mol. The number of hydrogen-bond donors (Lipinski definition) is 1. The molecular weight excluding hydrogens is 232 g/mol. The van der Waals surface area contributed by atoms with Gasteiger partial charge >= 0.3 is 0 Å². The number of nitrogens with zero attached hydrogens (tertiary/aromatic N) is 3. The van der Waals surface area contributed by atoms with Crippen LogP contribution >= 0.6 is 0 Å². The molecule has 1 N–H and O–H groups in total. The van der Waals surface area contributed by atoms with E-state index in [4.69, 9.17) is 14.9 Å². The molecule has 6 nitrogen and oxygen atoms in total. The number of nitriles is 3. The van der Waals surface area contributed by atoms with Crippen LogP contribution in [-0.4, -0.2) is 18.3 Å². The Bertz CT molecular complexity index is 524. The second-order valence-corrected chi connectivity index (χ2v) is 4.66. The largest absolute Gasteiger partial charge is 0.447 e. The zero-order valence-electron chi connectivity index (χ0n) is 10.1. The summed E-state index contributed by atoms with van der Waals surface area (Å²) in [7, 11) is 0. The topological polar surface area (TPSA) is 114 Å². The summed E-state index contributed by atoms with van der Waals surface area (Å²) >= 11 is 0. The van der Waals surface area contributed by atoms with Crippen LogP contribution in [0.5, 0.6) is 0 Å². The Kier molecular flexibility index (Phi) is 2.37. The molecule has 3 unspecified atom stereocenters. The molecule has 2 heterocycles. The average Bonchev–Trinajstić information content (AvgIpc) is 2.55. The molecule has 92 valence electrons. The molecule has 0 amide bonds. The molecule has 3 atom stereocenters. The summed E-state index contributed by atoms with van der Waals surface area (Å²) in [4.78, 5) is 0. The molecule has 2 bridgehead atoms. The highest BCUT2D eigenvalue weighted by atomic mass is 16.7. The van der Waals surface area contributed by atoms with Crippen LogP contribution in [0.15, 0.2) is 0 Å². The van der Waals surface area contributed by atoms with Crippen molar-refractivity contribution in [2.75, 3.05) is 6.61 Å². The Hall–Kier alpha value is -2.10. The fourth-order valence-electron chi connectivity index (χ4n) is 2.92. The molecule has 0 aromatic carbocycles. The molecule has 2 aliphatic rings. The molecule has 18 heavy (non-hydrogen) atoms. The summed E-state index contributed by atoms with van der Waals surface area (Å²) in [5.41, 5.74) is -3.24. The van der Waals surface area contributed by atoms with E-state index < -0.39 is 22.5 Å². The summed E-state index contributed by atoms with van der Waals surface area (Å²) in [6.45, 7) is 3.30. The van der Waals surface area contributed by atoms with E-state index in [2.05, 4.69) is 0 Å². The second-order valence-electron chi connectivity index (χ2n) is 4.66. The molecular formula is C12H12N4O2. The van der Waals surface area contributed by atoms with E-state index in [-0.39, 0.29) is 12.5 Å². The molecule has 2 saturated heterocycles. The van der Waals surface area contributed by atoms with Crippen molar-refractivity contribution in [3.05, 3.63) is 0 Å². The van der Waals surface area contributed by atoms with Crippen molar-refractivity contribution in [3.63, 3.8) is 0 Å². The smallest absolute Gasteiger partial charge is 0.216 e. The fourth-order valence-corrected chi connectivity index (χ4v) is 2.92. The first-order valence-electron chi connectivity index (χ1n) is 5.64. The third-order valence-electron chi connectivity index (χ3n) is 4.20. The van der Waals surface area contributed by atoms with Gasteiger partial charge in [-0.25, -0.2) is 0 Å². The predicted octanol–water partition coefficient (Wildman–Crippen LogP) is 1.31. The average molecular weight is 244 g/mol. The molecule has 2 rings (SSSR count). The van der Waals surface area contributed by atoms with Crippen molar-refractivity contribution in [2.45, 2.75) is 26.1 Å². The number of ether oxygens (including phenoxy) is 2. The Morgan fingerprint density at radius 1 is 1.33 bits per heavy atom. The van der Waals surface area contributed by atoms with E-state index in [1.807, 2.05) is 25.1 Å². The van der Waals surface area contributed by atoms with Crippen LogP contribution < -0.4 is 0 Å². The van der Waals surface area contributed by atoms with Gasteiger partial charge in [0, 0.05) is 6.42 Å².